The molecule has 0 spiro atoms. The Morgan fingerprint density at radius 1 is 1.24 bits per heavy atom. The van der Waals surface area contributed by atoms with Crippen molar-refractivity contribution >= 4 is 30.0 Å². The molecule has 0 radical (unpaired) electrons. The van der Waals surface area contributed by atoms with Gasteiger partial charge in [-0.25, -0.2) is 0 Å². The first-order valence-corrected chi connectivity index (χ1v) is 7.50. The van der Waals surface area contributed by atoms with Gasteiger partial charge in [-0.1, -0.05) is 36.6 Å². The maximum atomic E-state index is 12.6. The summed E-state index contributed by atoms with van der Waals surface area (Å²) in [6.45, 7) is 1.20. The number of halogens is 2. The van der Waals surface area contributed by atoms with Gasteiger partial charge >= 0.3 is 5.97 Å². The maximum absolute atomic E-state index is 12.6. The highest BCUT2D eigenvalue weighted by Crippen LogP contribution is 2.42. The average molecular weight is 332 g/mol. The molecule has 1 aliphatic rings. The molecule has 0 atom stereocenters. The van der Waals surface area contributed by atoms with Crippen LogP contribution in [0.15, 0.2) is 24.3 Å². The van der Waals surface area contributed by atoms with Crippen molar-refractivity contribution in [3.63, 3.8) is 0 Å². The van der Waals surface area contributed by atoms with E-state index in [1.165, 1.54) is 0 Å². The first kappa shape index (κ1) is 18.3. The second-order valence-electron chi connectivity index (χ2n) is 5.74. The quantitative estimate of drug-likeness (QED) is 0.771. The van der Waals surface area contributed by atoms with Gasteiger partial charge in [-0.15, -0.1) is 12.4 Å². The minimum absolute atomic E-state index is 0. The Bertz CT molecular complexity index is 454. The van der Waals surface area contributed by atoms with Crippen LogP contribution in [0, 0.1) is 0 Å². The smallest absolute Gasteiger partial charge is 0.316 e. The SMILES string of the molecule is CN(C)CCOC(=O)C1(c2ccc(Cl)cc2)CCCC1.Cl. The lowest BCUT2D eigenvalue weighted by Gasteiger charge is -2.27. The largest absolute Gasteiger partial charge is 0.464 e. The van der Waals surface area contributed by atoms with Crippen molar-refractivity contribution in [2.24, 2.45) is 0 Å². The minimum atomic E-state index is -0.461. The van der Waals surface area contributed by atoms with E-state index in [1.807, 2.05) is 43.3 Å². The van der Waals surface area contributed by atoms with Crippen LogP contribution in [-0.4, -0.2) is 38.1 Å². The zero-order chi connectivity index (χ0) is 14.6. The molecule has 1 aromatic rings. The fourth-order valence-corrected chi connectivity index (χ4v) is 2.94. The number of hydrogen-bond acceptors (Lipinski definition) is 3. The molecule has 0 bridgehead atoms. The lowest BCUT2D eigenvalue weighted by Crippen LogP contribution is -2.36. The van der Waals surface area contributed by atoms with E-state index in [0.29, 0.717) is 11.6 Å². The van der Waals surface area contributed by atoms with Gasteiger partial charge in [0.15, 0.2) is 0 Å². The number of ether oxygens (including phenoxy) is 1. The summed E-state index contributed by atoms with van der Waals surface area (Å²) in [5.41, 5.74) is 0.575. The third-order valence-electron chi connectivity index (χ3n) is 4.02. The molecular weight excluding hydrogens is 309 g/mol. The number of rotatable bonds is 5. The van der Waals surface area contributed by atoms with E-state index in [1.54, 1.807) is 0 Å². The summed E-state index contributed by atoms with van der Waals surface area (Å²) >= 11 is 5.94. The summed E-state index contributed by atoms with van der Waals surface area (Å²) in [6.07, 6.45) is 3.89. The van der Waals surface area contributed by atoms with Crippen LogP contribution >= 0.6 is 24.0 Å². The standard InChI is InChI=1S/C16H22ClNO2.ClH/c1-18(2)11-12-20-15(19)16(9-3-4-10-16)13-5-7-14(17)8-6-13;/h5-8H,3-4,9-12H2,1-2H3;1H. The van der Waals surface area contributed by atoms with Crippen LogP contribution in [0.5, 0.6) is 0 Å². The Labute approximate surface area is 138 Å². The highest BCUT2D eigenvalue weighted by Gasteiger charge is 2.44. The van der Waals surface area contributed by atoms with Crippen molar-refractivity contribution < 1.29 is 9.53 Å². The summed E-state index contributed by atoms with van der Waals surface area (Å²) in [6, 6.07) is 7.62. The molecule has 118 valence electrons. The lowest BCUT2D eigenvalue weighted by molar-refractivity contribution is -0.150. The second kappa shape index (κ2) is 8.02. The van der Waals surface area contributed by atoms with Crippen LogP contribution in [0.2, 0.25) is 5.02 Å². The number of likely N-dealkylation sites (N-methyl/N-ethyl adjacent to an activating group) is 1. The number of hydrogen-bond donors (Lipinski definition) is 0. The molecule has 0 aliphatic heterocycles. The predicted octanol–water partition coefficient (Wildman–Crippen LogP) is 3.68. The van der Waals surface area contributed by atoms with E-state index in [0.717, 1.165) is 37.8 Å². The molecule has 0 aromatic heterocycles. The first-order valence-electron chi connectivity index (χ1n) is 7.13. The lowest BCUT2D eigenvalue weighted by atomic mass is 9.79. The topological polar surface area (TPSA) is 29.5 Å². The number of carbonyl (C=O) groups excluding carboxylic acids is 1. The third-order valence-corrected chi connectivity index (χ3v) is 4.27. The van der Waals surface area contributed by atoms with E-state index in [9.17, 15) is 4.79 Å². The molecule has 3 nitrogen and oxygen atoms in total. The molecular formula is C16H23Cl2NO2. The number of benzene rings is 1. The number of nitrogens with zero attached hydrogens (tertiary/aromatic N) is 1. The summed E-state index contributed by atoms with van der Waals surface area (Å²) in [4.78, 5) is 14.6. The molecule has 5 heteroatoms. The van der Waals surface area contributed by atoms with Crippen LogP contribution in [0.3, 0.4) is 0 Å². The summed E-state index contributed by atoms with van der Waals surface area (Å²) in [5, 5.41) is 0.697. The molecule has 0 amide bonds. The van der Waals surface area contributed by atoms with Crippen LogP contribution < -0.4 is 0 Å². The highest BCUT2D eigenvalue weighted by molar-refractivity contribution is 6.30. The number of esters is 1. The molecule has 0 N–H and O–H groups in total. The van der Waals surface area contributed by atoms with Gasteiger partial charge in [0.25, 0.3) is 0 Å². The zero-order valence-corrected chi connectivity index (χ0v) is 14.2. The first-order chi connectivity index (χ1) is 9.54. The van der Waals surface area contributed by atoms with Gasteiger partial charge in [0.05, 0.1) is 5.41 Å². The Balaban J connectivity index is 0.00000220. The molecule has 0 unspecified atom stereocenters. The van der Waals surface area contributed by atoms with E-state index in [2.05, 4.69) is 0 Å². The van der Waals surface area contributed by atoms with Gasteiger partial charge in [-0.2, -0.15) is 0 Å². The molecule has 0 saturated heterocycles. The molecule has 21 heavy (non-hydrogen) atoms. The van der Waals surface area contributed by atoms with Gasteiger partial charge < -0.3 is 9.64 Å². The number of carbonyl (C=O) groups is 1. The highest BCUT2D eigenvalue weighted by atomic mass is 35.5. The van der Waals surface area contributed by atoms with Gasteiger partial charge in [0.2, 0.25) is 0 Å². The van der Waals surface area contributed by atoms with Crippen molar-refractivity contribution in [3.8, 4) is 0 Å². The summed E-state index contributed by atoms with van der Waals surface area (Å²) in [5.74, 6) is -0.0841. The van der Waals surface area contributed by atoms with E-state index in [4.69, 9.17) is 16.3 Å². The van der Waals surface area contributed by atoms with Crippen molar-refractivity contribution in [2.45, 2.75) is 31.1 Å². The Hall–Kier alpha value is -0.770. The fourth-order valence-electron chi connectivity index (χ4n) is 2.82. The molecule has 0 heterocycles. The minimum Gasteiger partial charge on any atom is -0.464 e. The van der Waals surface area contributed by atoms with Gasteiger partial charge in [-0.05, 0) is 44.6 Å². The van der Waals surface area contributed by atoms with Crippen LogP contribution in [0.4, 0.5) is 0 Å². The van der Waals surface area contributed by atoms with Crippen LogP contribution in [0.1, 0.15) is 31.2 Å². The Kier molecular flexibility index (Phi) is 6.98. The Morgan fingerprint density at radius 2 is 1.81 bits per heavy atom. The third kappa shape index (κ3) is 4.35. The summed E-state index contributed by atoms with van der Waals surface area (Å²) < 4.78 is 5.51. The van der Waals surface area contributed by atoms with Crippen molar-refractivity contribution in [2.75, 3.05) is 27.2 Å². The summed E-state index contributed by atoms with van der Waals surface area (Å²) in [7, 11) is 3.94. The van der Waals surface area contributed by atoms with Crippen LogP contribution in [0.25, 0.3) is 0 Å². The second-order valence-corrected chi connectivity index (χ2v) is 6.17. The molecule has 1 aliphatic carbocycles. The van der Waals surface area contributed by atoms with E-state index >= 15 is 0 Å². The molecule has 1 aromatic carbocycles. The van der Waals surface area contributed by atoms with Crippen molar-refractivity contribution in [1.82, 2.24) is 4.90 Å². The predicted molar refractivity (Wildman–Crippen MR) is 88.4 cm³/mol. The van der Waals surface area contributed by atoms with Gasteiger partial charge in [0.1, 0.15) is 6.61 Å². The fraction of sp³-hybridized carbons (Fsp3) is 0.562. The maximum Gasteiger partial charge on any atom is 0.316 e. The molecule has 1 fully saturated rings. The monoisotopic (exact) mass is 331 g/mol. The molecule has 2 rings (SSSR count). The van der Waals surface area contributed by atoms with Gasteiger partial charge in [-0.3, -0.25) is 4.79 Å². The van der Waals surface area contributed by atoms with Crippen molar-refractivity contribution in [1.29, 1.82) is 0 Å². The van der Waals surface area contributed by atoms with Crippen molar-refractivity contribution in [3.05, 3.63) is 34.9 Å². The normalized spacial score (nSPS) is 16.6. The Morgan fingerprint density at radius 3 is 2.33 bits per heavy atom. The molecule has 1 saturated carbocycles. The average Bonchev–Trinajstić information content (AvgIpc) is 2.89. The van der Waals surface area contributed by atoms with Gasteiger partial charge in [0, 0.05) is 11.6 Å². The van der Waals surface area contributed by atoms with E-state index in [-0.39, 0.29) is 18.4 Å². The van der Waals surface area contributed by atoms with E-state index < -0.39 is 5.41 Å². The zero-order valence-electron chi connectivity index (χ0n) is 12.6. The van der Waals surface area contributed by atoms with Crippen LogP contribution in [-0.2, 0) is 14.9 Å².